The first-order chi connectivity index (χ1) is 12.4. The molecule has 0 aromatic heterocycles. The van der Waals surface area contributed by atoms with E-state index in [0.717, 1.165) is 44.2 Å². The maximum Gasteiger partial charge on any atom is 0.573 e. The van der Waals surface area contributed by atoms with Crippen molar-refractivity contribution in [1.82, 2.24) is 5.32 Å². The van der Waals surface area contributed by atoms with Crippen molar-refractivity contribution < 1.29 is 28.4 Å². The van der Waals surface area contributed by atoms with Crippen LogP contribution in [0.1, 0.15) is 50.0 Å². The highest BCUT2D eigenvalue weighted by molar-refractivity contribution is 5.31. The molecule has 26 heavy (non-hydrogen) atoms. The van der Waals surface area contributed by atoms with Gasteiger partial charge in [-0.1, -0.05) is 12.1 Å². The molecule has 2 fully saturated rings. The summed E-state index contributed by atoms with van der Waals surface area (Å²) in [5, 5.41) is 3.47. The van der Waals surface area contributed by atoms with Crippen molar-refractivity contribution in [1.29, 1.82) is 0 Å². The number of halogens is 3. The van der Waals surface area contributed by atoms with Gasteiger partial charge < -0.3 is 20.5 Å². The molecule has 1 aromatic carbocycles. The van der Waals surface area contributed by atoms with E-state index in [1.807, 2.05) is 6.07 Å². The zero-order valence-corrected chi connectivity index (χ0v) is 14.9. The second kappa shape index (κ2) is 8.59. The Morgan fingerprint density at radius 3 is 2.58 bits per heavy atom. The van der Waals surface area contributed by atoms with Crippen molar-refractivity contribution in [3.8, 4) is 5.75 Å². The van der Waals surface area contributed by atoms with Crippen molar-refractivity contribution >= 4 is 0 Å². The fraction of sp³-hybridized carbons (Fsp3) is 0.684. The lowest BCUT2D eigenvalue weighted by molar-refractivity contribution is -0.432. The summed E-state index contributed by atoms with van der Waals surface area (Å²) >= 11 is 0. The maximum absolute atomic E-state index is 12.4. The van der Waals surface area contributed by atoms with Gasteiger partial charge in [-0.3, -0.25) is 0 Å². The van der Waals surface area contributed by atoms with Crippen LogP contribution in [0.25, 0.3) is 0 Å². The zero-order valence-electron chi connectivity index (χ0n) is 14.9. The Morgan fingerprint density at radius 1 is 1.12 bits per heavy atom. The standard InChI is InChI=1S/C19H27F3N2O2/c20-19(21,22)26-16-4-1-3-14(11-16)13-6-8-15(9-7-13)25-12-18-17(23)5-2-10-24-18/h1,3-4,11,13,15,17-18,24H,2,5-10,12,23H2/p+1. The molecule has 0 amide bonds. The number of rotatable bonds is 5. The predicted octanol–water partition coefficient (Wildman–Crippen LogP) is 2.99. The quantitative estimate of drug-likeness (QED) is 0.834. The first-order valence-corrected chi connectivity index (χ1v) is 9.44. The van der Waals surface area contributed by atoms with Crippen molar-refractivity contribution in [2.75, 3.05) is 13.2 Å². The predicted molar refractivity (Wildman–Crippen MR) is 91.8 cm³/mol. The van der Waals surface area contributed by atoms with Crippen molar-refractivity contribution in [2.45, 2.75) is 69.0 Å². The summed E-state index contributed by atoms with van der Waals surface area (Å²) in [5.74, 6) is 0.123. The molecule has 2 aliphatic rings. The molecule has 2 unspecified atom stereocenters. The number of hydrogen-bond acceptors (Lipinski definition) is 3. The highest BCUT2D eigenvalue weighted by Crippen LogP contribution is 2.36. The highest BCUT2D eigenvalue weighted by atomic mass is 19.4. The maximum atomic E-state index is 12.4. The van der Waals surface area contributed by atoms with Crippen molar-refractivity contribution in [2.24, 2.45) is 0 Å². The van der Waals surface area contributed by atoms with Gasteiger partial charge in [-0.05, 0) is 62.3 Å². The van der Waals surface area contributed by atoms with Gasteiger partial charge >= 0.3 is 6.36 Å². The van der Waals surface area contributed by atoms with Crippen LogP contribution in [0.5, 0.6) is 5.75 Å². The van der Waals surface area contributed by atoms with Gasteiger partial charge in [0.1, 0.15) is 11.8 Å². The van der Waals surface area contributed by atoms with Gasteiger partial charge in [-0.25, -0.2) is 0 Å². The lowest BCUT2D eigenvalue weighted by Gasteiger charge is -2.32. The number of hydrogen-bond donors (Lipinski definition) is 2. The molecule has 1 saturated heterocycles. The molecule has 4 N–H and O–H groups in total. The van der Waals surface area contributed by atoms with Crippen LogP contribution in [-0.4, -0.2) is 37.7 Å². The Labute approximate surface area is 152 Å². The van der Waals surface area contributed by atoms with Crippen LogP contribution < -0.4 is 15.8 Å². The summed E-state index contributed by atoms with van der Waals surface area (Å²) in [6, 6.07) is 7.10. The smallest absolute Gasteiger partial charge is 0.406 e. The first-order valence-electron chi connectivity index (χ1n) is 9.44. The van der Waals surface area contributed by atoms with E-state index in [2.05, 4.69) is 15.8 Å². The topological polar surface area (TPSA) is 58.1 Å². The van der Waals surface area contributed by atoms with Gasteiger partial charge in [0, 0.05) is 6.42 Å². The third kappa shape index (κ3) is 5.59. The number of nitrogens with one attached hydrogen (secondary N) is 1. The molecular formula is C19H28F3N2O2+. The number of ether oxygens (including phenoxy) is 2. The van der Waals surface area contributed by atoms with E-state index >= 15 is 0 Å². The fourth-order valence-corrected chi connectivity index (χ4v) is 3.98. The molecule has 1 aliphatic heterocycles. The average molecular weight is 373 g/mol. The van der Waals surface area contributed by atoms with Gasteiger partial charge in [0.2, 0.25) is 0 Å². The van der Waals surface area contributed by atoms with E-state index in [9.17, 15) is 13.2 Å². The van der Waals surface area contributed by atoms with Gasteiger partial charge in [0.25, 0.3) is 0 Å². The molecule has 0 bridgehead atoms. The van der Waals surface area contributed by atoms with Crippen LogP contribution in [0.4, 0.5) is 13.2 Å². The molecule has 0 spiro atoms. The van der Waals surface area contributed by atoms with E-state index in [-0.39, 0.29) is 17.8 Å². The van der Waals surface area contributed by atoms with Gasteiger partial charge in [-0.2, -0.15) is 0 Å². The lowest BCUT2D eigenvalue weighted by Crippen LogP contribution is -2.72. The van der Waals surface area contributed by atoms with E-state index < -0.39 is 6.36 Å². The van der Waals surface area contributed by atoms with Crippen LogP contribution in [0.15, 0.2) is 24.3 Å². The molecule has 1 saturated carbocycles. The fourth-order valence-electron chi connectivity index (χ4n) is 3.98. The van der Waals surface area contributed by atoms with Crippen LogP contribution in [0.2, 0.25) is 0 Å². The summed E-state index contributed by atoms with van der Waals surface area (Å²) in [6.45, 7) is 1.72. The normalized spacial score (nSPS) is 30.2. The average Bonchev–Trinajstić information content (AvgIpc) is 2.60. The Kier molecular flexibility index (Phi) is 6.42. The Morgan fingerprint density at radius 2 is 1.88 bits per heavy atom. The summed E-state index contributed by atoms with van der Waals surface area (Å²) in [7, 11) is 0. The summed E-state index contributed by atoms with van der Waals surface area (Å²) < 4.78 is 47.3. The second-order valence-corrected chi connectivity index (χ2v) is 7.39. The van der Waals surface area contributed by atoms with Crippen LogP contribution in [0.3, 0.4) is 0 Å². The largest absolute Gasteiger partial charge is 0.573 e. The minimum absolute atomic E-state index is 0.141. The monoisotopic (exact) mass is 373 g/mol. The Bertz CT molecular complexity index is 574. The van der Waals surface area contributed by atoms with Crippen LogP contribution >= 0.6 is 0 Å². The lowest BCUT2D eigenvalue weighted by atomic mass is 9.82. The van der Waals surface area contributed by atoms with Crippen LogP contribution in [-0.2, 0) is 4.74 Å². The molecule has 1 heterocycles. The minimum Gasteiger partial charge on any atom is -0.406 e. The third-order valence-electron chi connectivity index (χ3n) is 5.48. The molecule has 146 valence electrons. The number of piperidine rings is 1. The molecule has 0 radical (unpaired) electrons. The van der Waals surface area contributed by atoms with Crippen molar-refractivity contribution in [3.05, 3.63) is 29.8 Å². The van der Waals surface area contributed by atoms with Gasteiger partial charge in [0.05, 0.1) is 18.8 Å². The Hall–Kier alpha value is -1.31. The van der Waals surface area contributed by atoms with E-state index in [1.54, 1.807) is 6.07 Å². The molecule has 2 atom stereocenters. The number of quaternary nitrogens is 1. The van der Waals surface area contributed by atoms with E-state index in [1.165, 1.54) is 18.6 Å². The van der Waals surface area contributed by atoms with Gasteiger partial charge in [-0.15, -0.1) is 13.2 Å². The summed E-state index contributed by atoms with van der Waals surface area (Å²) in [4.78, 5) is 0. The summed E-state index contributed by atoms with van der Waals surface area (Å²) in [5.41, 5.74) is 5.11. The SMILES string of the molecule is [NH3+]C1CCCNC1COC1CCC(c2cccc(OC(F)(F)F)c2)CC1. The third-order valence-corrected chi connectivity index (χ3v) is 5.48. The molecule has 7 heteroatoms. The Balaban J connectivity index is 1.47. The highest BCUT2D eigenvalue weighted by Gasteiger charge is 2.32. The molecule has 4 nitrogen and oxygen atoms in total. The van der Waals surface area contributed by atoms with Gasteiger partial charge in [0.15, 0.2) is 0 Å². The van der Waals surface area contributed by atoms with E-state index in [4.69, 9.17) is 4.74 Å². The minimum atomic E-state index is -4.65. The molecular weight excluding hydrogens is 345 g/mol. The van der Waals surface area contributed by atoms with Crippen LogP contribution in [0, 0.1) is 0 Å². The first kappa shape index (κ1) is 19.5. The molecule has 1 aromatic rings. The zero-order chi connectivity index (χ0) is 18.6. The number of alkyl halides is 3. The summed E-state index contributed by atoms with van der Waals surface area (Å²) in [6.07, 6.45) is 1.61. The van der Waals surface area contributed by atoms with Crippen molar-refractivity contribution in [3.63, 3.8) is 0 Å². The second-order valence-electron chi connectivity index (χ2n) is 7.39. The van der Waals surface area contributed by atoms with E-state index in [0.29, 0.717) is 18.7 Å². The molecule has 3 rings (SSSR count). The molecule has 1 aliphatic carbocycles. The number of benzene rings is 1.